The first-order valence-corrected chi connectivity index (χ1v) is 11.9. The van der Waals surface area contributed by atoms with Gasteiger partial charge in [0, 0.05) is 17.1 Å². The van der Waals surface area contributed by atoms with Crippen molar-refractivity contribution in [2.75, 3.05) is 11.9 Å². The maximum atomic E-state index is 12.9. The van der Waals surface area contributed by atoms with Crippen molar-refractivity contribution in [1.29, 1.82) is 0 Å². The zero-order chi connectivity index (χ0) is 24.6. The van der Waals surface area contributed by atoms with E-state index in [0.29, 0.717) is 10.7 Å². The molecule has 0 atom stereocenters. The van der Waals surface area contributed by atoms with Crippen LogP contribution in [0.2, 0.25) is 5.02 Å². The molecule has 0 aliphatic carbocycles. The maximum absolute atomic E-state index is 12.9. The highest BCUT2D eigenvalue weighted by Crippen LogP contribution is 2.34. The van der Waals surface area contributed by atoms with Crippen molar-refractivity contribution in [3.05, 3.63) is 86.5 Å². The van der Waals surface area contributed by atoms with E-state index in [2.05, 4.69) is 41.9 Å². The fraction of sp³-hybridized carbons (Fsp3) is 0.192. The normalized spacial score (nSPS) is 14.9. The second kappa shape index (κ2) is 9.52. The lowest BCUT2D eigenvalue weighted by atomic mass is 10.1. The molecule has 1 saturated heterocycles. The van der Waals surface area contributed by atoms with Crippen molar-refractivity contribution in [3.8, 4) is 5.69 Å². The Labute approximate surface area is 207 Å². The third-order valence-corrected chi connectivity index (χ3v) is 7.07. The molecule has 2 heterocycles. The zero-order valence-electron chi connectivity index (χ0n) is 19.3. The molecule has 34 heavy (non-hydrogen) atoms. The third kappa shape index (κ3) is 4.67. The molecule has 1 aliphatic heterocycles. The van der Waals surface area contributed by atoms with Gasteiger partial charge in [0.2, 0.25) is 5.91 Å². The van der Waals surface area contributed by atoms with Gasteiger partial charge in [-0.3, -0.25) is 19.3 Å². The number of aryl methyl sites for hydroxylation is 3. The molecule has 6 nitrogen and oxygen atoms in total. The van der Waals surface area contributed by atoms with Crippen LogP contribution in [0, 0.1) is 27.7 Å². The van der Waals surface area contributed by atoms with Crippen LogP contribution in [0.1, 0.15) is 28.1 Å². The lowest BCUT2D eigenvalue weighted by Crippen LogP contribution is -2.36. The van der Waals surface area contributed by atoms with Gasteiger partial charge in [-0.1, -0.05) is 29.8 Å². The van der Waals surface area contributed by atoms with E-state index in [1.54, 1.807) is 30.3 Å². The summed E-state index contributed by atoms with van der Waals surface area (Å²) in [6.07, 6.45) is 1.72. The fourth-order valence-electron chi connectivity index (χ4n) is 3.87. The molecular weight excluding hydrogens is 470 g/mol. The minimum Gasteiger partial charge on any atom is -0.323 e. The van der Waals surface area contributed by atoms with Gasteiger partial charge in [-0.05, 0) is 92.6 Å². The van der Waals surface area contributed by atoms with Crippen molar-refractivity contribution in [1.82, 2.24) is 9.47 Å². The molecule has 1 N–H and O–H groups in total. The maximum Gasteiger partial charge on any atom is 0.294 e. The SMILES string of the molecule is Cc1ccc(-n2c(C)cc(/C=C3/SC(=O)N(CC(=O)Nc4ccccc4Cl)C3=O)c2C)cc1C. The Bertz CT molecular complexity index is 1360. The first-order valence-electron chi connectivity index (χ1n) is 10.7. The van der Waals surface area contributed by atoms with Crippen LogP contribution in [-0.4, -0.2) is 33.1 Å². The van der Waals surface area contributed by atoms with E-state index in [9.17, 15) is 14.4 Å². The summed E-state index contributed by atoms with van der Waals surface area (Å²) in [5.41, 5.74) is 6.72. The molecule has 4 rings (SSSR count). The Kier molecular flexibility index (Phi) is 6.68. The van der Waals surface area contributed by atoms with Gasteiger partial charge in [0.05, 0.1) is 15.6 Å². The van der Waals surface area contributed by atoms with Gasteiger partial charge in [0.1, 0.15) is 6.54 Å². The molecule has 3 amide bonds. The van der Waals surface area contributed by atoms with E-state index in [4.69, 9.17) is 11.6 Å². The number of carbonyl (C=O) groups is 3. The number of nitrogens with one attached hydrogen (secondary N) is 1. The molecule has 0 radical (unpaired) electrons. The summed E-state index contributed by atoms with van der Waals surface area (Å²) in [6, 6.07) is 15.1. The van der Waals surface area contributed by atoms with Crippen molar-refractivity contribution in [3.63, 3.8) is 0 Å². The second-order valence-corrected chi connectivity index (χ2v) is 9.63. The molecule has 3 aromatic rings. The summed E-state index contributed by atoms with van der Waals surface area (Å²) < 4.78 is 2.12. The zero-order valence-corrected chi connectivity index (χ0v) is 20.9. The smallest absolute Gasteiger partial charge is 0.294 e. The van der Waals surface area contributed by atoms with Crippen molar-refractivity contribution < 1.29 is 14.4 Å². The molecule has 0 unspecified atom stereocenters. The Balaban J connectivity index is 1.55. The van der Waals surface area contributed by atoms with Crippen LogP contribution in [0.4, 0.5) is 10.5 Å². The van der Waals surface area contributed by atoms with Crippen LogP contribution in [0.15, 0.2) is 53.4 Å². The van der Waals surface area contributed by atoms with E-state index in [1.807, 2.05) is 19.9 Å². The number of hydrogen-bond acceptors (Lipinski definition) is 4. The predicted molar refractivity (Wildman–Crippen MR) is 137 cm³/mol. The quantitative estimate of drug-likeness (QED) is 0.440. The van der Waals surface area contributed by atoms with Crippen LogP contribution in [-0.2, 0) is 9.59 Å². The van der Waals surface area contributed by atoms with Gasteiger partial charge in [-0.2, -0.15) is 0 Å². The van der Waals surface area contributed by atoms with E-state index >= 15 is 0 Å². The van der Waals surface area contributed by atoms with E-state index < -0.39 is 17.1 Å². The highest BCUT2D eigenvalue weighted by Gasteiger charge is 2.36. The number of hydrogen-bond donors (Lipinski definition) is 1. The van der Waals surface area contributed by atoms with Crippen LogP contribution >= 0.6 is 23.4 Å². The summed E-state index contributed by atoms with van der Waals surface area (Å²) in [5.74, 6) is -0.982. The number of imide groups is 1. The average molecular weight is 494 g/mol. The number of halogens is 1. The Morgan fingerprint density at radius 2 is 1.76 bits per heavy atom. The molecule has 0 bridgehead atoms. The van der Waals surface area contributed by atoms with E-state index in [0.717, 1.165) is 39.3 Å². The number of anilines is 1. The molecular formula is C26H24ClN3O3S. The molecule has 174 valence electrons. The van der Waals surface area contributed by atoms with Crippen LogP contribution in [0.25, 0.3) is 11.8 Å². The van der Waals surface area contributed by atoms with Gasteiger partial charge < -0.3 is 9.88 Å². The summed E-state index contributed by atoms with van der Waals surface area (Å²) in [4.78, 5) is 39.1. The van der Waals surface area contributed by atoms with Crippen LogP contribution in [0.5, 0.6) is 0 Å². The van der Waals surface area contributed by atoms with Gasteiger partial charge >= 0.3 is 0 Å². The number of carbonyl (C=O) groups excluding carboxylic acids is 3. The summed E-state index contributed by atoms with van der Waals surface area (Å²) >= 11 is 6.90. The molecule has 1 aromatic heterocycles. The van der Waals surface area contributed by atoms with Crippen molar-refractivity contribution >= 4 is 52.2 Å². The van der Waals surface area contributed by atoms with Crippen LogP contribution < -0.4 is 5.32 Å². The summed E-state index contributed by atoms with van der Waals surface area (Å²) in [6.45, 7) is 7.76. The molecule has 0 saturated carbocycles. The summed E-state index contributed by atoms with van der Waals surface area (Å²) in [5, 5.41) is 2.54. The number of benzene rings is 2. The molecule has 1 aliphatic rings. The lowest BCUT2D eigenvalue weighted by molar-refractivity contribution is -0.127. The fourth-order valence-corrected chi connectivity index (χ4v) is 4.88. The first-order chi connectivity index (χ1) is 16.2. The number of nitrogens with zero attached hydrogens (tertiary/aromatic N) is 2. The number of thioether (sulfide) groups is 1. The number of aromatic nitrogens is 1. The largest absolute Gasteiger partial charge is 0.323 e. The monoisotopic (exact) mass is 493 g/mol. The minimum absolute atomic E-state index is 0.288. The van der Waals surface area contributed by atoms with E-state index in [1.165, 1.54) is 11.1 Å². The van der Waals surface area contributed by atoms with Crippen molar-refractivity contribution in [2.45, 2.75) is 27.7 Å². The Hall–Kier alpha value is -3.29. The highest BCUT2D eigenvalue weighted by molar-refractivity contribution is 8.18. The topological polar surface area (TPSA) is 71.4 Å². The van der Waals surface area contributed by atoms with Gasteiger partial charge in [0.15, 0.2) is 0 Å². The first kappa shape index (κ1) is 23.9. The van der Waals surface area contributed by atoms with Gasteiger partial charge in [0.25, 0.3) is 11.1 Å². The molecule has 1 fully saturated rings. The lowest BCUT2D eigenvalue weighted by Gasteiger charge is -2.13. The predicted octanol–water partition coefficient (Wildman–Crippen LogP) is 6.04. The van der Waals surface area contributed by atoms with Crippen LogP contribution in [0.3, 0.4) is 0 Å². The molecule has 2 aromatic carbocycles. The number of rotatable bonds is 5. The van der Waals surface area contributed by atoms with Crippen molar-refractivity contribution in [2.24, 2.45) is 0 Å². The summed E-state index contributed by atoms with van der Waals surface area (Å²) in [7, 11) is 0. The number of para-hydroxylation sites is 1. The molecule has 0 spiro atoms. The van der Waals surface area contributed by atoms with E-state index in [-0.39, 0.29) is 11.4 Å². The molecule has 8 heteroatoms. The highest BCUT2D eigenvalue weighted by atomic mass is 35.5. The number of amides is 3. The van der Waals surface area contributed by atoms with Gasteiger partial charge in [-0.25, -0.2) is 0 Å². The van der Waals surface area contributed by atoms with Gasteiger partial charge in [-0.15, -0.1) is 0 Å². The standard InChI is InChI=1S/C26H24ClN3O3S/c1-15-9-10-20(11-16(15)2)30-17(3)12-19(18(30)4)13-23-25(32)29(26(33)34-23)14-24(31)28-22-8-6-5-7-21(22)27/h5-13H,14H2,1-4H3,(H,28,31)/b23-13+. The third-order valence-electron chi connectivity index (χ3n) is 5.83. The average Bonchev–Trinajstić information content (AvgIpc) is 3.21. The minimum atomic E-state index is -0.496. The second-order valence-electron chi connectivity index (χ2n) is 8.23. The Morgan fingerprint density at radius 1 is 1.03 bits per heavy atom. The Morgan fingerprint density at radius 3 is 2.47 bits per heavy atom.